The summed E-state index contributed by atoms with van der Waals surface area (Å²) in [5.74, 6) is 1.45. The van der Waals surface area contributed by atoms with Gasteiger partial charge in [0.05, 0.1) is 31.2 Å². The maximum Gasteiger partial charge on any atom is 0.294 e. The van der Waals surface area contributed by atoms with Crippen LogP contribution in [0.25, 0.3) is 33.4 Å². The molecule has 7 nitrogen and oxygen atoms in total. The zero-order valence-corrected chi connectivity index (χ0v) is 18.7. The molecule has 2 N–H and O–H groups in total. The van der Waals surface area contributed by atoms with Gasteiger partial charge in [0.25, 0.3) is 5.82 Å². The Morgan fingerprint density at radius 2 is 1.97 bits per heavy atom. The van der Waals surface area contributed by atoms with Gasteiger partial charge in [-0.25, -0.2) is 9.55 Å². The monoisotopic (exact) mass is 434 g/mol. The second-order valence-electron chi connectivity index (χ2n) is 8.39. The van der Waals surface area contributed by atoms with Gasteiger partial charge in [0, 0.05) is 19.6 Å². The van der Waals surface area contributed by atoms with Gasteiger partial charge in [-0.05, 0) is 37.1 Å². The highest BCUT2D eigenvalue weighted by molar-refractivity contribution is 5.87. The summed E-state index contributed by atoms with van der Waals surface area (Å²) >= 11 is 0. The smallest absolute Gasteiger partial charge is 0.294 e. The van der Waals surface area contributed by atoms with Crippen LogP contribution in [0.5, 0.6) is 5.75 Å². The molecule has 0 aliphatic carbocycles. The number of aromatic nitrogens is 2. The molecule has 0 radical (unpaired) electrons. The van der Waals surface area contributed by atoms with Gasteiger partial charge in [-0.15, -0.1) is 0 Å². The molecule has 1 aliphatic rings. The van der Waals surface area contributed by atoms with Gasteiger partial charge < -0.3 is 14.3 Å². The lowest BCUT2D eigenvalue weighted by atomic mass is 9.99. The first-order chi connectivity index (χ1) is 15.5. The largest absolute Gasteiger partial charge is 0.507 e. The fourth-order valence-electron chi connectivity index (χ4n) is 4.66. The molecule has 0 bridgehead atoms. The number of rotatable bonds is 4. The quantitative estimate of drug-likeness (QED) is 0.482. The van der Waals surface area contributed by atoms with Crippen LogP contribution >= 0.6 is 0 Å². The van der Waals surface area contributed by atoms with Crippen molar-refractivity contribution in [1.82, 2.24) is 9.88 Å². The molecule has 0 atom stereocenters. The number of H-pyrrole nitrogens is 1. The summed E-state index contributed by atoms with van der Waals surface area (Å²) in [6.07, 6.45) is 0.626. The van der Waals surface area contributed by atoms with Crippen LogP contribution in [-0.2, 0) is 24.8 Å². The van der Waals surface area contributed by atoms with E-state index < -0.39 is 0 Å². The second-order valence-corrected chi connectivity index (χ2v) is 8.39. The Labute approximate surface area is 185 Å². The topological polar surface area (TPSA) is 82.6 Å². The summed E-state index contributed by atoms with van der Waals surface area (Å²) in [6, 6.07) is 9.73. The maximum absolute atomic E-state index is 13.8. The van der Waals surface area contributed by atoms with E-state index in [1.54, 1.807) is 6.07 Å². The van der Waals surface area contributed by atoms with Crippen molar-refractivity contribution >= 4 is 22.0 Å². The van der Waals surface area contributed by atoms with E-state index in [0.29, 0.717) is 59.9 Å². The molecule has 5 rings (SSSR count). The molecule has 1 aliphatic heterocycles. The molecule has 0 amide bonds. The Bertz CT molecular complexity index is 1380. The second kappa shape index (κ2) is 8.07. The highest BCUT2D eigenvalue weighted by atomic mass is 16.5. The van der Waals surface area contributed by atoms with E-state index in [1.807, 2.05) is 49.7 Å². The van der Waals surface area contributed by atoms with Crippen LogP contribution in [0.3, 0.4) is 0 Å². The number of benzene rings is 2. The van der Waals surface area contributed by atoms with Crippen LogP contribution in [0.2, 0.25) is 0 Å². The zero-order valence-electron chi connectivity index (χ0n) is 18.7. The maximum atomic E-state index is 13.8. The average Bonchev–Trinajstić information content (AvgIpc) is 3.13. The van der Waals surface area contributed by atoms with E-state index in [2.05, 4.69) is 9.88 Å². The van der Waals surface area contributed by atoms with Gasteiger partial charge in [-0.1, -0.05) is 19.1 Å². The SMILES string of the molecule is CCc1cc2c(=O)c(-c3[nH]c4ccccc4[n+]3C)c(C)oc2c(CN2CCOCC2)c1O. The first-order valence-electron chi connectivity index (χ1n) is 11.1. The molecule has 1 fully saturated rings. The molecular weight excluding hydrogens is 406 g/mol. The van der Waals surface area contributed by atoms with Crippen LogP contribution < -0.4 is 10.00 Å². The molecule has 2 aromatic heterocycles. The predicted molar refractivity (Wildman–Crippen MR) is 123 cm³/mol. The number of imidazole rings is 1. The van der Waals surface area contributed by atoms with Crippen LogP contribution in [0.15, 0.2) is 39.5 Å². The number of aromatic amines is 1. The molecule has 2 aromatic carbocycles. The summed E-state index contributed by atoms with van der Waals surface area (Å²) in [7, 11) is 1.94. The van der Waals surface area contributed by atoms with Gasteiger partial charge in [-0.3, -0.25) is 9.69 Å². The van der Waals surface area contributed by atoms with Crippen molar-refractivity contribution in [2.24, 2.45) is 7.05 Å². The third-order valence-corrected chi connectivity index (χ3v) is 6.46. The average molecular weight is 435 g/mol. The Morgan fingerprint density at radius 1 is 1.22 bits per heavy atom. The summed E-state index contributed by atoms with van der Waals surface area (Å²) in [5, 5.41) is 11.5. The first kappa shape index (κ1) is 20.7. The number of aromatic hydroxyl groups is 1. The first-order valence-corrected chi connectivity index (χ1v) is 11.1. The minimum absolute atomic E-state index is 0.0937. The normalized spacial score (nSPS) is 15.1. The molecule has 4 aromatic rings. The molecule has 0 spiro atoms. The Kier molecular flexibility index (Phi) is 5.23. The molecule has 0 saturated carbocycles. The summed E-state index contributed by atoms with van der Waals surface area (Å²) in [4.78, 5) is 19.4. The van der Waals surface area contributed by atoms with Gasteiger partial charge in [0.15, 0.2) is 11.0 Å². The Morgan fingerprint density at radius 3 is 2.69 bits per heavy atom. The number of nitrogens with zero attached hydrogens (tertiary/aromatic N) is 2. The van der Waals surface area contributed by atoms with Crippen molar-refractivity contribution in [3.63, 3.8) is 0 Å². The molecule has 1 saturated heterocycles. The zero-order chi connectivity index (χ0) is 22.4. The molecule has 7 heteroatoms. The van der Waals surface area contributed by atoms with E-state index in [0.717, 1.165) is 29.7 Å². The number of nitrogens with one attached hydrogen (secondary N) is 1. The lowest BCUT2D eigenvalue weighted by Crippen LogP contribution is -2.35. The number of para-hydroxylation sites is 2. The van der Waals surface area contributed by atoms with Crippen molar-refractivity contribution in [1.29, 1.82) is 0 Å². The van der Waals surface area contributed by atoms with Crippen molar-refractivity contribution in [2.45, 2.75) is 26.8 Å². The third-order valence-electron chi connectivity index (χ3n) is 6.46. The lowest BCUT2D eigenvalue weighted by molar-refractivity contribution is -0.633. The number of hydrogen-bond acceptors (Lipinski definition) is 5. The van der Waals surface area contributed by atoms with E-state index in [9.17, 15) is 9.90 Å². The highest BCUT2D eigenvalue weighted by Gasteiger charge is 2.27. The highest BCUT2D eigenvalue weighted by Crippen LogP contribution is 2.34. The molecular formula is C25H28N3O4+. The summed E-state index contributed by atoms with van der Waals surface area (Å²) in [5.41, 5.74) is 4.28. The van der Waals surface area contributed by atoms with Crippen molar-refractivity contribution < 1.29 is 18.8 Å². The number of phenolic OH excluding ortho intramolecular Hbond substituents is 1. The number of phenols is 1. The fourth-order valence-corrected chi connectivity index (χ4v) is 4.66. The Hall–Kier alpha value is -3.16. The van der Waals surface area contributed by atoms with E-state index in [4.69, 9.17) is 9.15 Å². The number of fused-ring (bicyclic) bond motifs is 2. The minimum Gasteiger partial charge on any atom is -0.507 e. The molecule has 3 heterocycles. The van der Waals surface area contributed by atoms with Crippen LogP contribution in [0.1, 0.15) is 23.8 Å². The van der Waals surface area contributed by atoms with Crippen LogP contribution in [0.4, 0.5) is 0 Å². The summed E-state index contributed by atoms with van der Waals surface area (Å²) in [6.45, 7) is 7.19. The number of aryl methyl sites for hydroxylation is 3. The van der Waals surface area contributed by atoms with E-state index >= 15 is 0 Å². The molecule has 166 valence electrons. The van der Waals surface area contributed by atoms with E-state index in [1.165, 1.54) is 0 Å². The number of morpholine rings is 1. The van der Waals surface area contributed by atoms with E-state index in [-0.39, 0.29) is 11.2 Å². The standard InChI is InChI=1S/C25H27N3O4/c1-4-16-13-17-23(30)21(25-26-19-7-5-6-8-20(19)27(25)3)15(2)32-24(17)18(22(16)29)14-28-9-11-31-12-10-28/h5-8,13H,4,9-12,14H2,1-3H3,(H,29,30)/p+1. The minimum atomic E-state index is -0.0937. The van der Waals surface area contributed by atoms with Gasteiger partial charge >= 0.3 is 0 Å². The van der Waals surface area contributed by atoms with Crippen molar-refractivity contribution in [2.75, 3.05) is 26.3 Å². The van der Waals surface area contributed by atoms with Crippen LogP contribution in [0, 0.1) is 6.92 Å². The van der Waals surface area contributed by atoms with Crippen LogP contribution in [-0.4, -0.2) is 41.3 Å². The third kappa shape index (κ3) is 3.29. The Balaban J connectivity index is 1.74. The number of hydrogen-bond donors (Lipinski definition) is 2. The molecule has 0 unspecified atom stereocenters. The van der Waals surface area contributed by atoms with Crippen molar-refractivity contribution in [3.8, 4) is 17.1 Å². The fraction of sp³-hybridized carbons (Fsp3) is 0.360. The molecule has 32 heavy (non-hydrogen) atoms. The number of ether oxygens (including phenoxy) is 1. The van der Waals surface area contributed by atoms with Gasteiger partial charge in [0.2, 0.25) is 5.43 Å². The lowest BCUT2D eigenvalue weighted by Gasteiger charge is -2.27. The van der Waals surface area contributed by atoms with Crippen molar-refractivity contribution in [3.05, 3.63) is 57.4 Å². The summed E-state index contributed by atoms with van der Waals surface area (Å²) < 4.78 is 13.7. The van der Waals surface area contributed by atoms with Gasteiger partial charge in [0.1, 0.15) is 22.7 Å². The van der Waals surface area contributed by atoms with Gasteiger partial charge in [-0.2, -0.15) is 0 Å². The predicted octanol–water partition coefficient (Wildman–Crippen LogP) is 3.17.